The SMILES string of the molecule is CC(=O)N(CCC(=O)NC(C)C)C1CCS(=O)(=O)C1. The van der Waals surface area contributed by atoms with Crippen molar-refractivity contribution in [3.8, 4) is 0 Å². The minimum atomic E-state index is -3.03. The molecule has 1 N–H and O–H groups in total. The van der Waals surface area contributed by atoms with Gasteiger partial charge in [-0.15, -0.1) is 0 Å². The molecule has 2 amide bonds. The van der Waals surface area contributed by atoms with E-state index in [1.165, 1.54) is 11.8 Å². The summed E-state index contributed by atoms with van der Waals surface area (Å²) in [6.45, 7) is 5.41. The second-order valence-electron chi connectivity index (χ2n) is 5.24. The van der Waals surface area contributed by atoms with Crippen molar-refractivity contribution in [3.63, 3.8) is 0 Å². The number of sulfone groups is 1. The summed E-state index contributed by atoms with van der Waals surface area (Å²) in [6, 6.07) is -0.223. The van der Waals surface area contributed by atoms with Crippen molar-refractivity contribution in [1.29, 1.82) is 0 Å². The van der Waals surface area contributed by atoms with Crippen LogP contribution in [-0.4, -0.2) is 55.3 Å². The fourth-order valence-electron chi connectivity index (χ4n) is 2.23. The van der Waals surface area contributed by atoms with Crippen LogP contribution >= 0.6 is 0 Å². The maximum Gasteiger partial charge on any atom is 0.221 e. The third-order valence-corrected chi connectivity index (χ3v) is 4.83. The number of carbonyl (C=O) groups is 2. The van der Waals surface area contributed by atoms with Crippen molar-refractivity contribution in [1.82, 2.24) is 10.2 Å². The Morgan fingerprint density at radius 2 is 2.00 bits per heavy atom. The Morgan fingerprint density at radius 1 is 1.37 bits per heavy atom. The molecule has 110 valence electrons. The van der Waals surface area contributed by atoms with Gasteiger partial charge in [-0.3, -0.25) is 9.59 Å². The standard InChI is InChI=1S/C12H22N2O4S/c1-9(2)13-12(16)4-6-14(10(3)15)11-5-7-19(17,18)8-11/h9,11H,4-8H2,1-3H3,(H,13,16). The average Bonchev–Trinajstić information content (AvgIpc) is 2.57. The van der Waals surface area contributed by atoms with Crippen LogP contribution in [0.1, 0.15) is 33.6 Å². The first kappa shape index (κ1) is 15.9. The first-order chi connectivity index (χ1) is 8.71. The minimum absolute atomic E-state index is 0.0123. The molecule has 0 spiro atoms. The van der Waals surface area contributed by atoms with Crippen molar-refractivity contribution < 1.29 is 18.0 Å². The van der Waals surface area contributed by atoms with Gasteiger partial charge in [-0.25, -0.2) is 8.42 Å². The van der Waals surface area contributed by atoms with Crippen molar-refractivity contribution in [2.24, 2.45) is 0 Å². The summed E-state index contributed by atoms with van der Waals surface area (Å²) in [7, 11) is -3.03. The maximum absolute atomic E-state index is 11.6. The number of rotatable bonds is 5. The van der Waals surface area contributed by atoms with Crippen LogP contribution in [0.2, 0.25) is 0 Å². The lowest BCUT2D eigenvalue weighted by molar-refractivity contribution is -0.131. The van der Waals surface area contributed by atoms with E-state index in [2.05, 4.69) is 5.32 Å². The van der Waals surface area contributed by atoms with E-state index in [1.54, 1.807) is 0 Å². The molecule has 6 nitrogen and oxygen atoms in total. The quantitative estimate of drug-likeness (QED) is 0.768. The van der Waals surface area contributed by atoms with Crippen LogP contribution in [0.25, 0.3) is 0 Å². The minimum Gasteiger partial charge on any atom is -0.354 e. The zero-order chi connectivity index (χ0) is 14.6. The van der Waals surface area contributed by atoms with Crippen molar-refractivity contribution >= 4 is 21.7 Å². The first-order valence-corrected chi connectivity index (χ1v) is 8.30. The number of nitrogens with one attached hydrogen (secondary N) is 1. The van der Waals surface area contributed by atoms with Crippen molar-refractivity contribution in [3.05, 3.63) is 0 Å². The highest BCUT2D eigenvalue weighted by Gasteiger charge is 2.33. The smallest absolute Gasteiger partial charge is 0.221 e. The zero-order valence-corrected chi connectivity index (χ0v) is 12.5. The Bertz CT molecular complexity index is 445. The molecule has 1 fully saturated rings. The zero-order valence-electron chi connectivity index (χ0n) is 11.7. The summed E-state index contributed by atoms with van der Waals surface area (Å²) in [5.41, 5.74) is 0. The van der Waals surface area contributed by atoms with E-state index in [9.17, 15) is 18.0 Å². The predicted molar refractivity (Wildman–Crippen MR) is 72.3 cm³/mol. The van der Waals surface area contributed by atoms with Gasteiger partial charge >= 0.3 is 0 Å². The molecule has 0 saturated carbocycles. The van der Waals surface area contributed by atoms with Crippen LogP contribution < -0.4 is 5.32 Å². The monoisotopic (exact) mass is 290 g/mol. The number of hydrogen-bond acceptors (Lipinski definition) is 4. The second-order valence-corrected chi connectivity index (χ2v) is 7.47. The lowest BCUT2D eigenvalue weighted by Crippen LogP contribution is -2.42. The molecule has 0 aromatic rings. The fraction of sp³-hybridized carbons (Fsp3) is 0.833. The largest absolute Gasteiger partial charge is 0.354 e. The number of carbonyl (C=O) groups excluding carboxylic acids is 2. The molecule has 1 aliphatic rings. The van der Waals surface area contributed by atoms with Crippen LogP contribution in [0, 0.1) is 0 Å². The Morgan fingerprint density at radius 3 is 2.42 bits per heavy atom. The van der Waals surface area contributed by atoms with Gasteiger partial charge in [0.15, 0.2) is 9.84 Å². The van der Waals surface area contributed by atoms with Crippen LogP contribution in [0.3, 0.4) is 0 Å². The van der Waals surface area contributed by atoms with Gasteiger partial charge in [0.1, 0.15) is 0 Å². The molecule has 7 heteroatoms. The van der Waals surface area contributed by atoms with E-state index < -0.39 is 9.84 Å². The van der Waals surface area contributed by atoms with E-state index in [1.807, 2.05) is 13.8 Å². The van der Waals surface area contributed by atoms with Gasteiger partial charge in [0.05, 0.1) is 11.5 Å². The molecule has 1 heterocycles. The molecular formula is C12H22N2O4S. The Hall–Kier alpha value is -1.11. The molecule has 0 aliphatic carbocycles. The van der Waals surface area contributed by atoms with Gasteiger partial charge in [0.2, 0.25) is 11.8 Å². The first-order valence-electron chi connectivity index (χ1n) is 6.48. The van der Waals surface area contributed by atoms with E-state index in [4.69, 9.17) is 0 Å². The summed E-state index contributed by atoms with van der Waals surface area (Å²) < 4.78 is 22.9. The van der Waals surface area contributed by atoms with Gasteiger partial charge < -0.3 is 10.2 Å². The third kappa shape index (κ3) is 5.18. The summed E-state index contributed by atoms with van der Waals surface area (Å²) in [6.07, 6.45) is 0.669. The van der Waals surface area contributed by atoms with Crippen molar-refractivity contribution in [2.45, 2.75) is 45.7 Å². The van der Waals surface area contributed by atoms with Gasteiger partial charge in [-0.05, 0) is 20.3 Å². The van der Waals surface area contributed by atoms with E-state index in [0.717, 1.165) is 0 Å². The summed E-state index contributed by atoms with van der Waals surface area (Å²) in [4.78, 5) is 24.6. The highest BCUT2D eigenvalue weighted by Crippen LogP contribution is 2.18. The number of hydrogen-bond donors (Lipinski definition) is 1. The Balaban J connectivity index is 2.55. The van der Waals surface area contributed by atoms with E-state index >= 15 is 0 Å². The molecular weight excluding hydrogens is 268 g/mol. The van der Waals surface area contributed by atoms with Crippen molar-refractivity contribution in [2.75, 3.05) is 18.1 Å². The molecule has 1 unspecified atom stereocenters. The fourth-order valence-corrected chi connectivity index (χ4v) is 3.97. The normalized spacial score (nSPS) is 21.4. The highest BCUT2D eigenvalue weighted by atomic mass is 32.2. The lowest BCUT2D eigenvalue weighted by Gasteiger charge is -2.26. The summed E-state index contributed by atoms with van der Waals surface area (Å²) in [5, 5.41) is 2.75. The molecule has 1 saturated heterocycles. The average molecular weight is 290 g/mol. The molecule has 19 heavy (non-hydrogen) atoms. The molecule has 1 atom stereocenters. The molecule has 1 aliphatic heterocycles. The van der Waals surface area contributed by atoms with Gasteiger partial charge in [-0.2, -0.15) is 0 Å². The van der Waals surface area contributed by atoms with Crippen LogP contribution in [0.15, 0.2) is 0 Å². The van der Waals surface area contributed by atoms with Gasteiger partial charge in [0.25, 0.3) is 0 Å². The van der Waals surface area contributed by atoms with Crippen LogP contribution in [0.5, 0.6) is 0 Å². The van der Waals surface area contributed by atoms with E-state index in [0.29, 0.717) is 6.42 Å². The maximum atomic E-state index is 11.6. The van der Waals surface area contributed by atoms with E-state index in [-0.39, 0.29) is 48.4 Å². The molecule has 0 aromatic carbocycles. The number of nitrogens with zero attached hydrogens (tertiary/aromatic N) is 1. The van der Waals surface area contributed by atoms with Gasteiger partial charge in [-0.1, -0.05) is 0 Å². The summed E-state index contributed by atoms with van der Waals surface area (Å²) >= 11 is 0. The summed E-state index contributed by atoms with van der Waals surface area (Å²) in [5.74, 6) is -0.167. The number of amides is 2. The Kier molecular flexibility index (Phi) is 5.34. The predicted octanol–water partition coefficient (Wildman–Crippen LogP) is -0.0633. The molecule has 0 radical (unpaired) electrons. The topological polar surface area (TPSA) is 83.6 Å². The molecule has 0 aromatic heterocycles. The van der Waals surface area contributed by atoms with Crippen LogP contribution in [0.4, 0.5) is 0 Å². The molecule has 1 rings (SSSR count). The highest BCUT2D eigenvalue weighted by molar-refractivity contribution is 7.91. The van der Waals surface area contributed by atoms with Gasteiger partial charge in [0, 0.05) is 32.0 Å². The lowest BCUT2D eigenvalue weighted by atomic mass is 10.2. The third-order valence-electron chi connectivity index (χ3n) is 3.08. The second kappa shape index (κ2) is 6.36. The molecule has 0 bridgehead atoms. The Labute approximate surface area is 114 Å². The van der Waals surface area contributed by atoms with Crippen LogP contribution in [-0.2, 0) is 19.4 Å².